The molecule has 5 N–H and O–H groups in total. The molecule has 1 aromatic carbocycles. The van der Waals surface area contributed by atoms with Crippen molar-refractivity contribution in [3.8, 4) is 6.07 Å². The van der Waals surface area contributed by atoms with Crippen LogP contribution in [0.2, 0.25) is 5.02 Å². The van der Waals surface area contributed by atoms with Crippen LogP contribution in [0.5, 0.6) is 0 Å². The van der Waals surface area contributed by atoms with Crippen molar-refractivity contribution >= 4 is 40.1 Å². The third kappa shape index (κ3) is 5.91. The number of nitriles is 1. The number of piperazine rings is 1. The van der Waals surface area contributed by atoms with Gasteiger partial charge in [0.25, 0.3) is 5.56 Å². The Kier molecular flexibility index (Phi) is 7.91. The van der Waals surface area contributed by atoms with Crippen molar-refractivity contribution in [2.45, 2.75) is 39.3 Å². The minimum absolute atomic E-state index is 0.0306. The number of nitrogen functional groups attached to an aromatic ring is 2. The summed E-state index contributed by atoms with van der Waals surface area (Å²) in [4.78, 5) is 29.0. The zero-order chi connectivity index (χ0) is 27.6. The van der Waals surface area contributed by atoms with E-state index in [-0.39, 0.29) is 34.3 Å². The molecule has 202 valence electrons. The van der Waals surface area contributed by atoms with Gasteiger partial charge >= 0.3 is 0 Å². The summed E-state index contributed by atoms with van der Waals surface area (Å²) in [5, 5.41) is 15.4. The third-order valence-corrected chi connectivity index (χ3v) is 6.55. The molecule has 3 heterocycles. The lowest BCUT2D eigenvalue weighted by atomic mass is 10.2. The molecular weight excluding hydrogens is 508 g/mol. The van der Waals surface area contributed by atoms with Crippen LogP contribution in [0.1, 0.15) is 45.1 Å². The lowest BCUT2D eigenvalue weighted by Gasteiger charge is -2.38. The number of ether oxygens (including phenoxy) is 1. The van der Waals surface area contributed by atoms with Crippen molar-refractivity contribution in [2.24, 2.45) is 0 Å². The molecule has 13 heteroatoms. The number of hydrogen-bond donors (Lipinski definition) is 3. The molecule has 1 aliphatic rings. The van der Waals surface area contributed by atoms with Crippen molar-refractivity contribution < 1.29 is 4.74 Å². The van der Waals surface area contributed by atoms with E-state index in [0.717, 1.165) is 19.6 Å². The van der Waals surface area contributed by atoms with Crippen molar-refractivity contribution in [1.29, 1.82) is 5.26 Å². The Bertz CT molecular complexity index is 1420. The van der Waals surface area contributed by atoms with Gasteiger partial charge in [-0.15, -0.1) is 0 Å². The molecule has 1 saturated heterocycles. The molecule has 0 spiro atoms. The number of rotatable bonds is 7. The van der Waals surface area contributed by atoms with Gasteiger partial charge in [0, 0.05) is 32.7 Å². The highest BCUT2D eigenvalue weighted by Crippen LogP contribution is 2.25. The van der Waals surface area contributed by atoms with E-state index in [1.165, 1.54) is 0 Å². The van der Waals surface area contributed by atoms with Gasteiger partial charge in [-0.1, -0.05) is 17.7 Å². The van der Waals surface area contributed by atoms with Crippen LogP contribution in [0.4, 0.5) is 17.6 Å². The smallest absolute Gasteiger partial charge is 0.281 e. The van der Waals surface area contributed by atoms with Crippen LogP contribution in [0, 0.1) is 11.3 Å². The Labute approximate surface area is 226 Å². The summed E-state index contributed by atoms with van der Waals surface area (Å²) < 4.78 is 7.45. The van der Waals surface area contributed by atoms with Gasteiger partial charge in [-0.05, 0) is 39.8 Å². The summed E-state index contributed by atoms with van der Waals surface area (Å²) in [7, 11) is 0. The van der Waals surface area contributed by atoms with Gasteiger partial charge in [-0.25, -0.2) is 9.66 Å². The lowest BCUT2D eigenvalue weighted by Crippen LogP contribution is -2.56. The maximum absolute atomic E-state index is 13.8. The number of benzene rings is 1. The first-order chi connectivity index (χ1) is 18.0. The number of nitrogens with zero attached hydrogens (tertiary/aromatic N) is 7. The monoisotopic (exact) mass is 540 g/mol. The number of nitrogens with two attached hydrogens (primary N) is 2. The van der Waals surface area contributed by atoms with E-state index < -0.39 is 6.04 Å². The van der Waals surface area contributed by atoms with Crippen LogP contribution in [0.15, 0.2) is 23.0 Å². The zero-order valence-corrected chi connectivity index (χ0v) is 22.8. The molecule has 2 aromatic heterocycles. The fraction of sp³-hybridized carbons (Fsp3) is 0.480. The predicted octanol–water partition coefficient (Wildman–Crippen LogP) is 2.12. The highest BCUT2D eigenvalue weighted by Gasteiger charge is 2.26. The fourth-order valence-corrected chi connectivity index (χ4v) is 4.62. The van der Waals surface area contributed by atoms with Gasteiger partial charge in [-0.2, -0.15) is 15.2 Å². The molecule has 12 nitrogen and oxygen atoms in total. The predicted molar refractivity (Wildman–Crippen MR) is 149 cm³/mol. The van der Waals surface area contributed by atoms with Crippen molar-refractivity contribution in [1.82, 2.24) is 24.5 Å². The molecule has 4 rings (SSSR count). The van der Waals surface area contributed by atoms with E-state index in [4.69, 9.17) is 32.8 Å². The van der Waals surface area contributed by atoms with Gasteiger partial charge in [0.1, 0.15) is 17.5 Å². The standard InChI is InChI=1S/C25H33ClN10O2/c1-15(30-21-16(14-27)20(28)32-24(29)33-21)22-31-18-7-5-6-17(26)19(18)23(37)36(22)35-10-8-34(9-11-35)12-13-38-25(2,3)4/h5-7,15H,8-13H2,1-4H3,(H5,28,29,30,32,33). The fourth-order valence-electron chi connectivity index (χ4n) is 4.37. The Morgan fingerprint density at radius 3 is 2.55 bits per heavy atom. The van der Waals surface area contributed by atoms with E-state index in [2.05, 4.69) is 20.2 Å². The highest BCUT2D eigenvalue weighted by atomic mass is 35.5. The van der Waals surface area contributed by atoms with Gasteiger partial charge in [0.05, 0.1) is 34.2 Å². The Morgan fingerprint density at radius 2 is 1.89 bits per heavy atom. The molecule has 0 amide bonds. The first kappa shape index (κ1) is 27.4. The number of nitrogens with one attached hydrogen (secondary N) is 1. The second kappa shape index (κ2) is 11.0. The van der Waals surface area contributed by atoms with Crippen LogP contribution in [0.25, 0.3) is 10.9 Å². The van der Waals surface area contributed by atoms with Gasteiger partial charge < -0.3 is 26.5 Å². The molecule has 0 bridgehead atoms. The SMILES string of the molecule is CC(Nc1nc(N)nc(N)c1C#N)c1nc2cccc(Cl)c2c(=O)n1N1CCN(CCOC(C)(C)C)CC1. The molecule has 0 radical (unpaired) electrons. The van der Waals surface area contributed by atoms with E-state index in [1.54, 1.807) is 22.9 Å². The first-order valence-corrected chi connectivity index (χ1v) is 12.8. The second-order valence-corrected chi connectivity index (χ2v) is 10.6. The molecule has 1 atom stereocenters. The van der Waals surface area contributed by atoms with Crippen molar-refractivity contribution in [3.63, 3.8) is 0 Å². The number of hydrogen-bond acceptors (Lipinski definition) is 11. The number of halogens is 1. The van der Waals surface area contributed by atoms with Gasteiger partial charge in [-0.3, -0.25) is 9.69 Å². The molecule has 1 fully saturated rings. The zero-order valence-electron chi connectivity index (χ0n) is 22.0. The molecule has 3 aromatic rings. The van der Waals surface area contributed by atoms with Crippen molar-refractivity contribution in [3.05, 3.63) is 45.0 Å². The minimum atomic E-state index is -0.551. The summed E-state index contributed by atoms with van der Waals surface area (Å²) in [5.41, 5.74) is 11.7. The number of fused-ring (bicyclic) bond motifs is 1. The molecule has 38 heavy (non-hydrogen) atoms. The molecule has 0 saturated carbocycles. The maximum atomic E-state index is 13.8. The van der Waals surface area contributed by atoms with Crippen LogP contribution >= 0.6 is 11.6 Å². The summed E-state index contributed by atoms with van der Waals surface area (Å²) >= 11 is 6.44. The lowest BCUT2D eigenvalue weighted by molar-refractivity contribution is -0.0139. The van der Waals surface area contributed by atoms with Crippen LogP contribution in [0.3, 0.4) is 0 Å². The average Bonchev–Trinajstić information content (AvgIpc) is 2.83. The topological polar surface area (TPSA) is 164 Å². The van der Waals surface area contributed by atoms with Crippen molar-refractivity contribution in [2.75, 3.05) is 61.1 Å². The summed E-state index contributed by atoms with van der Waals surface area (Å²) in [6.45, 7) is 12.1. The van der Waals surface area contributed by atoms with Gasteiger partial charge in [0.15, 0.2) is 11.6 Å². The van der Waals surface area contributed by atoms with Crippen LogP contribution in [-0.2, 0) is 4.74 Å². The van der Waals surface area contributed by atoms with E-state index in [9.17, 15) is 10.1 Å². The number of anilines is 3. The molecule has 1 unspecified atom stereocenters. The second-order valence-electron chi connectivity index (χ2n) is 10.1. The Hall–Kier alpha value is -3.66. The Balaban J connectivity index is 1.67. The largest absolute Gasteiger partial charge is 0.382 e. The number of aromatic nitrogens is 4. The van der Waals surface area contributed by atoms with E-state index in [1.807, 2.05) is 38.8 Å². The summed E-state index contributed by atoms with van der Waals surface area (Å²) in [6.07, 6.45) is 0. The van der Waals surface area contributed by atoms with E-state index >= 15 is 0 Å². The quantitative estimate of drug-likeness (QED) is 0.402. The minimum Gasteiger partial charge on any atom is -0.382 e. The molecule has 0 aliphatic carbocycles. The highest BCUT2D eigenvalue weighted by molar-refractivity contribution is 6.35. The van der Waals surface area contributed by atoms with Crippen LogP contribution < -0.4 is 27.4 Å². The Morgan fingerprint density at radius 1 is 1.18 bits per heavy atom. The van der Waals surface area contributed by atoms with Gasteiger partial charge in [0.2, 0.25) is 5.95 Å². The normalized spacial score (nSPS) is 15.4. The first-order valence-electron chi connectivity index (χ1n) is 12.4. The average molecular weight is 541 g/mol. The van der Waals surface area contributed by atoms with E-state index in [0.29, 0.717) is 41.4 Å². The molecule has 1 aliphatic heterocycles. The summed E-state index contributed by atoms with van der Waals surface area (Å²) in [6, 6.07) is 6.63. The van der Waals surface area contributed by atoms with Crippen LogP contribution in [-0.4, -0.2) is 69.5 Å². The molecular formula is C25H33ClN10O2. The summed E-state index contributed by atoms with van der Waals surface area (Å²) in [5.74, 6) is 0.505. The third-order valence-electron chi connectivity index (χ3n) is 6.23. The maximum Gasteiger partial charge on any atom is 0.281 e.